The molecule has 1 unspecified atom stereocenters. The van der Waals surface area contributed by atoms with Gasteiger partial charge in [0.2, 0.25) is 0 Å². The van der Waals surface area contributed by atoms with Crippen LogP contribution in [0.5, 0.6) is 0 Å². The molecule has 0 bridgehead atoms. The van der Waals surface area contributed by atoms with Crippen LogP contribution in [0.2, 0.25) is 5.54 Å². The van der Waals surface area contributed by atoms with Crippen molar-refractivity contribution in [2.45, 2.75) is 12.5 Å². The van der Waals surface area contributed by atoms with E-state index in [1.54, 1.807) is 6.92 Å². The lowest BCUT2D eigenvalue weighted by Gasteiger charge is -2.28. The molecule has 0 saturated carbocycles. The first-order valence-electron chi connectivity index (χ1n) is 3.38. The summed E-state index contributed by atoms with van der Waals surface area (Å²) in [7, 11) is 1.74. The van der Waals surface area contributed by atoms with Gasteiger partial charge >= 0.3 is 8.80 Å². The number of alkyl halides is 1. The minimum absolute atomic E-state index is 0.303. The highest BCUT2D eigenvalue weighted by atomic mass is 28.4. The van der Waals surface area contributed by atoms with Gasteiger partial charge in [0.1, 0.15) is 0 Å². The lowest BCUT2D eigenvalue weighted by atomic mass is 10.5. The molecule has 0 aliphatic rings. The lowest BCUT2D eigenvalue weighted by molar-refractivity contribution is 0.109. The third kappa shape index (κ3) is 2.23. The molecule has 11 heavy (non-hydrogen) atoms. The van der Waals surface area contributed by atoms with Gasteiger partial charge in [-0.05, 0) is 0 Å². The molecule has 5 heteroatoms. The van der Waals surface area contributed by atoms with Crippen molar-refractivity contribution in [1.29, 1.82) is 0 Å². The Morgan fingerprint density at radius 1 is 1.18 bits per heavy atom. The normalized spacial score (nSPS) is 15.0. The molecule has 0 rings (SSSR count). The maximum atomic E-state index is 12.2. The quantitative estimate of drug-likeness (QED) is 0.598. The number of hydrogen-bond acceptors (Lipinski definition) is 3. The van der Waals surface area contributed by atoms with Crippen molar-refractivity contribution in [3.05, 3.63) is 0 Å². The van der Waals surface area contributed by atoms with Gasteiger partial charge in [-0.2, -0.15) is 0 Å². The molecule has 0 aliphatic carbocycles. The van der Waals surface area contributed by atoms with Crippen LogP contribution in [0.4, 0.5) is 4.39 Å². The molecule has 0 radical (unpaired) electrons. The summed E-state index contributed by atoms with van der Waals surface area (Å²) < 4.78 is 27.4. The van der Waals surface area contributed by atoms with Crippen molar-refractivity contribution in [3.63, 3.8) is 0 Å². The van der Waals surface area contributed by atoms with Crippen LogP contribution < -0.4 is 0 Å². The van der Waals surface area contributed by atoms with Crippen LogP contribution in [-0.4, -0.2) is 36.8 Å². The van der Waals surface area contributed by atoms with E-state index in [-0.39, 0.29) is 5.54 Å². The second kappa shape index (κ2) is 4.81. The van der Waals surface area contributed by atoms with Crippen molar-refractivity contribution in [2.24, 2.45) is 0 Å². The van der Waals surface area contributed by atoms with E-state index in [2.05, 4.69) is 0 Å². The topological polar surface area (TPSA) is 27.7 Å². The first kappa shape index (κ1) is 11.0. The van der Waals surface area contributed by atoms with Gasteiger partial charge in [0, 0.05) is 21.3 Å². The zero-order valence-corrected chi connectivity index (χ0v) is 8.39. The van der Waals surface area contributed by atoms with Crippen molar-refractivity contribution in [1.82, 2.24) is 0 Å². The van der Waals surface area contributed by atoms with Gasteiger partial charge in [0.25, 0.3) is 0 Å². The maximum Gasteiger partial charge on any atom is 0.505 e. The summed E-state index contributed by atoms with van der Waals surface area (Å²) in [5.74, 6) is 0. The van der Waals surface area contributed by atoms with E-state index in [1.807, 2.05) is 0 Å². The molecule has 0 aromatic heterocycles. The van der Waals surface area contributed by atoms with Crippen LogP contribution in [0, 0.1) is 0 Å². The van der Waals surface area contributed by atoms with E-state index in [0.717, 1.165) is 0 Å². The minimum atomic E-state index is -2.70. The fraction of sp³-hybridized carbons (Fsp3) is 1.00. The van der Waals surface area contributed by atoms with Crippen LogP contribution in [0.15, 0.2) is 0 Å². The summed E-state index contributed by atoms with van der Waals surface area (Å²) in [5, 5.41) is 0. The van der Waals surface area contributed by atoms with Gasteiger partial charge in [-0.25, -0.2) is 0 Å². The molecular formula is C6H15FO3Si. The molecule has 0 aromatic carbocycles. The van der Waals surface area contributed by atoms with Crippen molar-refractivity contribution in [2.75, 3.05) is 28.0 Å². The molecule has 0 aromatic rings. The fourth-order valence-corrected chi connectivity index (χ4v) is 2.84. The Morgan fingerprint density at radius 2 is 1.55 bits per heavy atom. The van der Waals surface area contributed by atoms with Crippen LogP contribution in [-0.2, 0) is 13.3 Å². The van der Waals surface area contributed by atoms with E-state index in [1.165, 1.54) is 21.3 Å². The van der Waals surface area contributed by atoms with Crippen LogP contribution in [0.1, 0.15) is 6.92 Å². The standard InChI is InChI=1S/C6H15FO3Si/c1-6(5-7)11(8-2,9-3)10-4/h6H,5H2,1-4H3. The van der Waals surface area contributed by atoms with Gasteiger partial charge in [-0.1, -0.05) is 6.92 Å². The Balaban J connectivity index is 4.26. The average Bonchev–Trinajstić information content (AvgIpc) is 2.08. The molecule has 68 valence electrons. The molecule has 0 saturated heterocycles. The van der Waals surface area contributed by atoms with E-state index in [9.17, 15) is 4.39 Å². The van der Waals surface area contributed by atoms with Crippen LogP contribution in [0.25, 0.3) is 0 Å². The smallest absolute Gasteiger partial charge is 0.377 e. The Hall–Kier alpha value is 0.0269. The summed E-state index contributed by atoms with van der Waals surface area (Å²) in [4.78, 5) is 0. The Kier molecular flexibility index (Phi) is 4.83. The summed E-state index contributed by atoms with van der Waals surface area (Å²) >= 11 is 0. The lowest BCUT2D eigenvalue weighted by Crippen LogP contribution is -2.47. The van der Waals surface area contributed by atoms with Gasteiger partial charge in [-0.15, -0.1) is 0 Å². The zero-order chi connectivity index (χ0) is 8.91. The first-order chi connectivity index (χ1) is 5.16. The molecule has 0 spiro atoms. The summed E-state index contributed by atoms with van der Waals surface area (Å²) in [6.45, 7) is 1.23. The van der Waals surface area contributed by atoms with Gasteiger partial charge in [-0.3, -0.25) is 4.39 Å². The Morgan fingerprint density at radius 3 is 1.64 bits per heavy atom. The molecule has 0 aliphatic heterocycles. The van der Waals surface area contributed by atoms with Gasteiger partial charge in [0.05, 0.1) is 12.2 Å². The summed E-state index contributed by atoms with van der Waals surface area (Å²) in [6.07, 6.45) is 0. The van der Waals surface area contributed by atoms with Crippen molar-refractivity contribution < 1.29 is 17.7 Å². The monoisotopic (exact) mass is 182 g/mol. The highest BCUT2D eigenvalue weighted by Crippen LogP contribution is 2.23. The Labute approximate surface area is 67.8 Å². The average molecular weight is 182 g/mol. The van der Waals surface area contributed by atoms with E-state index >= 15 is 0 Å². The van der Waals surface area contributed by atoms with E-state index in [4.69, 9.17) is 13.3 Å². The largest absolute Gasteiger partial charge is 0.505 e. The predicted octanol–water partition coefficient (Wildman–Crippen LogP) is 1.22. The second-order valence-corrected chi connectivity index (χ2v) is 5.69. The zero-order valence-electron chi connectivity index (χ0n) is 7.39. The van der Waals surface area contributed by atoms with Crippen molar-refractivity contribution in [3.8, 4) is 0 Å². The van der Waals surface area contributed by atoms with Gasteiger partial charge < -0.3 is 13.3 Å². The first-order valence-corrected chi connectivity index (χ1v) is 5.18. The SMILES string of the molecule is CO[Si](OC)(OC)C(C)CF. The molecule has 0 heterocycles. The van der Waals surface area contributed by atoms with E-state index < -0.39 is 15.5 Å². The van der Waals surface area contributed by atoms with Crippen LogP contribution in [0.3, 0.4) is 0 Å². The molecule has 1 atom stereocenters. The Bertz CT molecular complexity index is 99.7. The second-order valence-electron chi connectivity index (χ2n) is 2.27. The number of hydrogen-bond donors (Lipinski definition) is 0. The minimum Gasteiger partial charge on any atom is -0.377 e. The third-order valence-corrected chi connectivity index (χ3v) is 4.76. The summed E-state index contributed by atoms with van der Waals surface area (Å²) in [5.41, 5.74) is -0.303. The van der Waals surface area contributed by atoms with Crippen LogP contribution >= 0.6 is 0 Å². The summed E-state index contributed by atoms with van der Waals surface area (Å²) in [6, 6.07) is 0. The maximum absolute atomic E-state index is 12.2. The molecule has 0 fully saturated rings. The fourth-order valence-electron chi connectivity index (χ4n) is 0.948. The molecule has 0 N–H and O–H groups in total. The van der Waals surface area contributed by atoms with Crippen molar-refractivity contribution >= 4 is 8.80 Å². The number of rotatable bonds is 5. The number of halogens is 1. The molecule has 0 amide bonds. The third-order valence-electron chi connectivity index (χ3n) is 1.69. The van der Waals surface area contributed by atoms with E-state index in [0.29, 0.717) is 0 Å². The molecule has 3 nitrogen and oxygen atoms in total. The molecular weight excluding hydrogens is 167 g/mol. The van der Waals surface area contributed by atoms with Gasteiger partial charge in [0.15, 0.2) is 0 Å². The highest BCUT2D eigenvalue weighted by molar-refractivity contribution is 6.62. The predicted molar refractivity (Wildman–Crippen MR) is 42.2 cm³/mol. The highest BCUT2D eigenvalue weighted by Gasteiger charge is 2.44.